The number of nitrogens with one attached hydrogen (secondary N) is 1. The van der Waals surface area contributed by atoms with Crippen molar-refractivity contribution < 1.29 is 9.90 Å². The smallest absolute Gasteiger partial charge is 0.329 e. The Balaban J connectivity index is 1.50. The summed E-state index contributed by atoms with van der Waals surface area (Å²) < 4.78 is 3.70. The first kappa shape index (κ1) is 20.2. The van der Waals surface area contributed by atoms with Crippen LogP contribution in [0.25, 0.3) is 11.0 Å². The molecule has 2 aromatic rings. The number of likely N-dealkylation sites (tertiary alicyclic amines) is 1. The number of aliphatic hydroxyl groups is 1. The summed E-state index contributed by atoms with van der Waals surface area (Å²) in [5, 5.41) is 12.6. The second-order valence-corrected chi connectivity index (χ2v) is 8.50. The molecule has 0 saturated carbocycles. The Morgan fingerprint density at radius 1 is 1.17 bits per heavy atom. The average molecular weight is 401 g/mol. The quantitative estimate of drug-likeness (QED) is 0.801. The van der Waals surface area contributed by atoms with Gasteiger partial charge in [-0.25, -0.2) is 4.79 Å². The van der Waals surface area contributed by atoms with Gasteiger partial charge in [0, 0.05) is 44.2 Å². The van der Waals surface area contributed by atoms with Crippen molar-refractivity contribution in [1.29, 1.82) is 0 Å². The summed E-state index contributed by atoms with van der Waals surface area (Å²) >= 11 is 0. The van der Waals surface area contributed by atoms with Crippen molar-refractivity contribution in [2.24, 2.45) is 5.92 Å². The number of aromatic nitrogens is 2. The molecular weight excluding hydrogens is 368 g/mol. The maximum Gasteiger partial charge on any atom is 0.329 e. The zero-order chi connectivity index (χ0) is 20.4. The molecule has 2 saturated heterocycles. The Labute approximate surface area is 171 Å². The molecule has 2 unspecified atom stereocenters. The number of aliphatic hydroxyl groups excluding tert-OH is 1. The van der Waals surface area contributed by atoms with Crippen LogP contribution in [0.15, 0.2) is 29.1 Å². The first-order valence-electron chi connectivity index (χ1n) is 10.9. The Morgan fingerprint density at radius 3 is 2.59 bits per heavy atom. The number of amides is 1. The molecule has 2 N–H and O–H groups in total. The topological polar surface area (TPSA) is 79.5 Å². The first-order chi connectivity index (χ1) is 14.1. The molecule has 29 heavy (non-hydrogen) atoms. The number of nitrogens with zero attached hydrogens (tertiary/aromatic N) is 3. The van der Waals surface area contributed by atoms with Crippen molar-refractivity contribution >= 4 is 16.9 Å². The number of carbonyl (C=O) groups is 1. The minimum absolute atomic E-state index is 0.00314. The lowest BCUT2D eigenvalue weighted by molar-refractivity contribution is -0.138. The number of hydrogen-bond acceptors (Lipinski definition) is 4. The molecule has 0 bridgehead atoms. The van der Waals surface area contributed by atoms with Gasteiger partial charge in [0.2, 0.25) is 5.91 Å². The Kier molecular flexibility index (Phi) is 6.06. The maximum absolute atomic E-state index is 13.1. The van der Waals surface area contributed by atoms with Gasteiger partial charge < -0.3 is 15.3 Å². The van der Waals surface area contributed by atoms with Crippen molar-refractivity contribution in [3.63, 3.8) is 0 Å². The molecule has 0 radical (unpaired) electrons. The molecule has 1 aromatic carbocycles. The van der Waals surface area contributed by atoms with Crippen LogP contribution in [0.1, 0.15) is 45.1 Å². The van der Waals surface area contributed by atoms with Crippen LogP contribution >= 0.6 is 0 Å². The molecule has 2 aliphatic rings. The minimum Gasteiger partial charge on any atom is -0.396 e. The number of hydrogen-bond donors (Lipinski definition) is 2. The number of fused-ring (bicyclic) bond motifs is 1. The SMILES string of the molecule is CC1CC(C(=O)N2CCC(n3c(=O)n(CCCO)c4ccccc43)CC2)CCN1. The van der Waals surface area contributed by atoms with Crippen molar-refractivity contribution in [3.05, 3.63) is 34.7 Å². The fourth-order valence-corrected chi connectivity index (χ4v) is 4.99. The van der Waals surface area contributed by atoms with Crippen LogP contribution in [0.3, 0.4) is 0 Å². The lowest BCUT2D eigenvalue weighted by atomic mass is 9.91. The Morgan fingerprint density at radius 2 is 1.90 bits per heavy atom. The van der Waals surface area contributed by atoms with Gasteiger partial charge in [0.1, 0.15) is 0 Å². The maximum atomic E-state index is 13.1. The molecule has 158 valence electrons. The van der Waals surface area contributed by atoms with E-state index in [0.717, 1.165) is 43.3 Å². The summed E-state index contributed by atoms with van der Waals surface area (Å²) in [5.41, 5.74) is 1.87. The number of carbonyl (C=O) groups excluding carboxylic acids is 1. The summed E-state index contributed by atoms with van der Waals surface area (Å²) in [7, 11) is 0. The predicted octanol–water partition coefficient (Wildman–Crippen LogP) is 1.74. The number of rotatable bonds is 5. The summed E-state index contributed by atoms with van der Waals surface area (Å²) in [6.07, 6.45) is 4.01. The lowest BCUT2D eigenvalue weighted by Gasteiger charge is -2.36. The highest BCUT2D eigenvalue weighted by Gasteiger charge is 2.32. The summed E-state index contributed by atoms with van der Waals surface area (Å²) in [6, 6.07) is 8.40. The Hall–Kier alpha value is -2.12. The van der Waals surface area contributed by atoms with Gasteiger partial charge in [-0.05, 0) is 57.7 Å². The summed E-state index contributed by atoms with van der Waals surface area (Å²) in [5.74, 6) is 0.417. The highest BCUT2D eigenvalue weighted by molar-refractivity contribution is 5.79. The van der Waals surface area contributed by atoms with Crippen molar-refractivity contribution in [2.45, 2.75) is 57.7 Å². The van der Waals surface area contributed by atoms with Crippen LogP contribution in [0.5, 0.6) is 0 Å². The molecular formula is C22H32N4O3. The van der Waals surface area contributed by atoms with E-state index in [-0.39, 0.29) is 30.2 Å². The van der Waals surface area contributed by atoms with E-state index in [1.165, 1.54) is 0 Å². The summed E-state index contributed by atoms with van der Waals surface area (Å²) in [4.78, 5) is 28.1. The van der Waals surface area contributed by atoms with E-state index in [2.05, 4.69) is 12.2 Å². The minimum atomic E-state index is -0.00314. The molecule has 1 aromatic heterocycles. The van der Waals surface area contributed by atoms with Crippen molar-refractivity contribution in [2.75, 3.05) is 26.2 Å². The number of imidazole rings is 1. The van der Waals surface area contributed by atoms with Gasteiger partial charge in [0.25, 0.3) is 0 Å². The largest absolute Gasteiger partial charge is 0.396 e. The molecule has 2 atom stereocenters. The number of aryl methyl sites for hydroxylation is 1. The van der Waals surface area contributed by atoms with Crippen molar-refractivity contribution in [3.8, 4) is 0 Å². The second kappa shape index (κ2) is 8.71. The van der Waals surface area contributed by atoms with E-state index in [4.69, 9.17) is 0 Å². The monoisotopic (exact) mass is 400 g/mol. The van der Waals surface area contributed by atoms with Crippen LogP contribution in [-0.4, -0.2) is 57.3 Å². The van der Waals surface area contributed by atoms with Crippen LogP contribution in [-0.2, 0) is 11.3 Å². The molecule has 2 aliphatic heterocycles. The lowest BCUT2D eigenvalue weighted by Crippen LogP contribution is -2.47. The first-order valence-corrected chi connectivity index (χ1v) is 10.9. The molecule has 1 amide bonds. The highest BCUT2D eigenvalue weighted by Crippen LogP contribution is 2.28. The van der Waals surface area contributed by atoms with Crippen LogP contribution in [0.2, 0.25) is 0 Å². The number of para-hydroxylation sites is 2. The van der Waals surface area contributed by atoms with Gasteiger partial charge in [-0.15, -0.1) is 0 Å². The zero-order valence-electron chi connectivity index (χ0n) is 17.2. The number of benzene rings is 1. The van der Waals surface area contributed by atoms with E-state index >= 15 is 0 Å². The third-order valence-corrected chi connectivity index (χ3v) is 6.52. The van der Waals surface area contributed by atoms with Gasteiger partial charge >= 0.3 is 5.69 Å². The molecule has 2 fully saturated rings. The van der Waals surface area contributed by atoms with Crippen LogP contribution in [0, 0.1) is 5.92 Å². The Bertz CT molecular complexity index is 910. The zero-order valence-corrected chi connectivity index (χ0v) is 17.2. The fraction of sp³-hybridized carbons (Fsp3) is 0.636. The van der Waals surface area contributed by atoms with E-state index in [9.17, 15) is 14.7 Å². The van der Waals surface area contributed by atoms with E-state index in [1.54, 1.807) is 4.57 Å². The van der Waals surface area contributed by atoms with E-state index in [1.807, 2.05) is 33.7 Å². The molecule has 7 heteroatoms. The van der Waals surface area contributed by atoms with E-state index < -0.39 is 0 Å². The van der Waals surface area contributed by atoms with Crippen molar-refractivity contribution in [1.82, 2.24) is 19.4 Å². The van der Waals surface area contributed by atoms with Gasteiger partial charge in [0.15, 0.2) is 0 Å². The second-order valence-electron chi connectivity index (χ2n) is 8.50. The fourth-order valence-electron chi connectivity index (χ4n) is 4.99. The average Bonchev–Trinajstić information content (AvgIpc) is 3.03. The van der Waals surface area contributed by atoms with E-state index in [0.29, 0.717) is 32.1 Å². The number of piperidine rings is 2. The third kappa shape index (κ3) is 3.98. The highest BCUT2D eigenvalue weighted by atomic mass is 16.3. The van der Waals surface area contributed by atoms with Gasteiger partial charge in [-0.3, -0.25) is 13.9 Å². The van der Waals surface area contributed by atoms with Gasteiger partial charge in [-0.1, -0.05) is 12.1 Å². The van der Waals surface area contributed by atoms with Gasteiger partial charge in [-0.2, -0.15) is 0 Å². The van der Waals surface area contributed by atoms with Gasteiger partial charge in [0.05, 0.1) is 11.0 Å². The molecule has 3 heterocycles. The molecule has 7 nitrogen and oxygen atoms in total. The standard InChI is InChI=1S/C22H32N4O3/c1-16-15-17(7-10-23-16)21(28)24-12-8-18(9-13-24)26-20-6-3-2-5-19(20)25(22(26)29)11-4-14-27/h2-3,5-6,16-18,23,27H,4,7-15H2,1H3. The normalized spacial score (nSPS) is 23.6. The van der Waals surface area contributed by atoms with Crippen LogP contribution in [0.4, 0.5) is 0 Å². The molecule has 4 rings (SSSR count). The summed E-state index contributed by atoms with van der Waals surface area (Å²) in [6.45, 7) is 5.08. The third-order valence-electron chi connectivity index (χ3n) is 6.52. The molecule has 0 aliphatic carbocycles. The van der Waals surface area contributed by atoms with Crippen LogP contribution < -0.4 is 11.0 Å². The predicted molar refractivity (Wildman–Crippen MR) is 113 cm³/mol. The molecule has 0 spiro atoms.